The standard InChI is InChI=1S/C3H7IS2/c1-2-3-5-6-4/h2-3H2,1H3. The van der Waals surface area contributed by atoms with Gasteiger partial charge in [-0.1, -0.05) is 17.7 Å². The van der Waals surface area contributed by atoms with Gasteiger partial charge in [-0.25, -0.2) is 0 Å². The molecule has 0 N–H and O–H groups in total. The lowest BCUT2D eigenvalue weighted by molar-refractivity contribution is 1.11. The Morgan fingerprint density at radius 1 is 1.67 bits per heavy atom. The van der Waals surface area contributed by atoms with E-state index in [1.807, 2.05) is 18.8 Å². The zero-order chi connectivity index (χ0) is 4.83. The predicted molar refractivity (Wildman–Crippen MR) is 44.4 cm³/mol. The van der Waals surface area contributed by atoms with Crippen molar-refractivity contribution in [1.29, 1.82) is 0 Å². The zero-order valence-corrected chi connectivity index (χ0v) is 7.40. The van der Waals surface area contributed by atoms with Crippen molar-refractivity contribution in [2.24, 2.45) is 0 Å². The van der Waals surface area contributed by atoms with Crippen LogP contribution in [-0.4, -0.2) is 5.75 Å². The Labute approximate surface area is 58.8 Å². The van der Waals surface area contributed by atoms with Crippen molar-refractivity contribution in [1.82, 2.24) is 0 Å². The minimum absolute atomic E-state index is 1.29. The Bertz CT molecular complexity index is 20.8. The van der Waals surface area contributed by atoms with Crippen LogP contribution in [0.4, 0.5) is 0 Å². The second-order valence-corrected chi connectivity index (χ2v) is 5.98. The number of hydrogen-bond acceptors (Lipinski definition) is 2. The maximum atomic E-state index is 2.29. The molecule has 0 fully saturated rings. The summed E-state index contributed by atoms with van der Waals surface area (Å²) in [6, 6.07) is 0. The summed E-state index contributed by atoms with van der Waals surface area (Å²) in [6.07, 6.45) is 1.29. The Morgan fingerprint density at radius 3 is 2.50 bits per heavy atom. The summed E-state index contributed by atoms with van der Waals surface area (Å²) in [5, 5.41) is 0. The lowest BCUT2D eigenvalue weighted by Crippen LogP contribution is -1.62. The van der Waals surface area contributed by atoms with E-state index in [1.54, 1.807) is 0 Å². The van der Waals surface area contributed by atoms with Crippen LogP contribution < -0.4 is 0 Å². The van der Waals surface area contributed by atoms with Crippen molar-refractivity contribution in [2.75, 3.05) is 5.75 Å². The normalized spacial score (nSPS) is 9.00. The van der Waals surface area contributed by atoms with Crippen LogP contribution in [0.1, 0.15) is 13.3 Å². The van der Waals surface area contributed by atoms with E-state index in [-0.39, 0.29) is 0 Å². The quantitative estimate of drug-likeness (QED) is 0.418. The monoisotopic (exact) mass is 234 g/mol. The zero-order valence-electron chi connectivity index (χ0n) is 3.61. The van der Waals surface area contributed by atoms with E-state index in [4.69, 9.17) is 0 Å². The summed E-state index contributed by atoms with van der Waals surface area (Å²) < 4.78 is 0. The summed E-state index contributed by atoms with van der Waals surface area (Å²) in [6.45, 7) is 2.19. The minimum atomic E-state index is 1.29. The summed E-state index contributed by atoms with van der Waals surface area (Å²) in [5.74, 6) is 1.29. The predicted octanol–water partition coefficient (Wildman–Crippen LogP) is 3.13. The molecule has 0 nitrogen and oxygen atoms in total. The van der Waals surface area contributed by atoms with E-state index in [1.165, 1.54) is 12.2 Å². The van der Waals surface area contributed by atoms with Gasteiger partial charge in [0.1, 0.15) is 0 Å². The van der Waals surface area contributed by atoms with Crippen molar-refractivity contribution in [2.45, 2.75) is 13.3 Å². The molecule has 0 bridgehead atoms. The van der Waals surface area contributed by atoms with Crippen molar-refractivity contribution >= 4 is 40.0 Å². The number of rotatable bonds is 3. The Morgan fingerprint density at radius 2 is 2.33 bits per heavy atom. The Kier molecular flexibility index (Phi) is 7.96. The molecule has 0 atom stereocenters. The molecule has 0 rings (SSSR count). The molecule has 0 saturated heterocycles. The summed E-state index contributed by atoms with van der Waals surface area (Å²) in [4.78, 5) is 0. The molecule has 0 amide bonds. The van der Waals surface area contributed by atoms with Crippen molar-refractivity contribution in [3.63, 3.8) is 0 Å². The van der Waals surface area contributed by atoms with Crippen LogP contribution >= 0.6 is 40.0 Å². The van der Waals surface area contributed by atoms with Crippen molar-refractivity contribution < 1.29 is 0 Å². The molecule has 0 aromatic rings. The van der Waals surface area contributed by atoms with Crippen molar-refractivity contribution in [3.8, 4) is 0 Å². The molecule has 0 aliphatic rings. The van der Waals surface area contributed by atoms with Gasteiger partial charge in [0.15, 0.2) is 0 Å². The lowest BCUT2D eigenvalue weighted by Gasteiger charge is -1.84. The van der Waals surface area contributed by atoms with Gasteiger partial charge in [0, 0.05) is 27.0 Å². The minimum Gasteiger partial charge on any atom is -0.0831 e. The van der Waals surface area contributed by atoms with Crippen LogP contribution in [-0.2, 0) is 0 Å². The van der Waals surface area contributed by atoms with E-state index in [0.29, 0.717) is 0 Å². The third kappa shape index (κ3) is 5.43. The average Bonchev–Trinajstić information content (AvgIpc) is 1.61. The van der Waals surface area contributed by atoms with Gasteiger partial charge in [-0.2, -0.15) is 0 Å². The van der Waals surface area contributed by atoms with Crippen LogP contribution in [0, 0.1) is 0 Å². The fraction of sp³-hybridized carbons (Fsp3) is 1.00. The molecule has 0 radical (unpaired) electrons. The first-order chi connectivity index (χ1) is 2.91. The maximum Gasteiger partial charge on any atom is 0.00850 e. The van der Waals surface area contributed by atoms with Crippen molar-refractivity contribution in [3.05, 3.63) is 0 Å². The van der Waals surface area contributed by atoms with Gasteiger partial charge in [0.2, 0.25) is 0 Å². The second kappa shape index (κ2) is 6.43. The average molecular weight is 234 g/mol. The SMILES string of the molecule is CCCSSI. The summed E-state index contributed by atoms with van der Waals surface area (Å²) >= 11 is 2.29. The highest BCUT2D eigenvalue weighted by molar-refractivity contribution is 14.2. The van der Waals surface area contributed by atoms with Crippen LogP contribution in [0.2, 0.25) is 0 Å². The first-order valence-corrected chi connectivity index (χ1v) is 6.68. The highest BCUT2D eigenvalue weighted by Crippen LogP contribution is 2.28. The summed E-state index contributed by atoms with van der Waals surface area (Å²) in [5.41, 5.74) is 0. The Balaban J connectivity index is 2.34. The molecular formula is C3H7IS2. The van der Waals surface area contributed by atoms with Crippen LogP contribution in [0.3, 0.4) is 0 Å². The summed E-state index contributed by atoms with van der Waals surface area (Å²) in [7, 11) is 3.72. The van der Waals surface area contributed by atoms with E-state index in [0.717, 1.165) is 0 Å². The molecule has 0 heterocycles. The number of hydrogen-bond donors (Lipinski definition) is 0. The first-order valence-electron chi connectivity index (χ1n) is 1.82. The fourth-order valence-corrected chi connectivity index (χ4v) is 2.65. The van der Waals surface area contributed by atoms with E-state index in [2.05, 4.69) is 28.1 Å². The van der Waals surface area contributed by atoms with Gasteiger partial charge in [-0.05, 0) is 14.4 Å². The molecule has 0 spiro atoms. The van der Waals surface area contributed by atoms with E-state index in [9.17, 15) is 0 Å². The fourth-order valence-electron chi connectivity index (χ4n) is 0.115. The molecule has 6 heavy (non-hydrogen) atoms. The van der Waals surface area contributed by atoms with Gasteiger partial charge < -0.3 is 0 Å². The molecule has 0 unspecified atom stereocenters. The van der Waals surface area contributed by atoms with Gasteiger partial charge >= 0.3 is 0 Å². The van der Waals surface area contributed by atoms with Crippen LogP contribution in [0.25, 0.3) is 0 Å². The van der Waals surface area contributed by atoms with E-state index < -0.39 is 0 Å². The smallest absolute Gasteiger partial charge is 0.00850 e. The highest BCUT2D eigenvalue weighted by Gasteiger charge is 1.77. The molecule has 0 saturated carbocycles. The van der Waals surface area contributed by atoms with Gasteiger partial charge in [-0.3, -0.25) is 0 Å². The number of halogens is 1. The molecule has 0 aromatic heterocycles. The molecule has 0 aliphatic heterocycles. The second-order valence-electron chi connectivity index (χ2n) is 0.885. The van der Waals surface area contributed by atoms with Crippen LogP contribution in [0.15, 0.2) is 0 Å². The highest BCUT2D eigenvalue weighted by atomic mass is 127. The first kappa shape index (κ1) is 7.43. The molecular weight excluding hydrogens is 227 g/mol. The van der Waals surface area contributed by atoms with Crippen LogP contribution in [0.5, 0.6) is 0 Å². The molecule has 3 heteroatoms. The largest absolute Gasteiger partial charge is 0.0831 e. The Hall–Kier alpha value is 1.43. The van der Waals surface area contributed by atoms with E-state index >= 15 is 0 Å². The van der Waals surface area contributed by atoms with Gasteiger partial charge in [0.25, 0.3) is 0 Å². The van der Waals surface area contributed by atoms with Gasteiger partial charge in [-0.15, -0.1) is 0 Å². The van der Waals surface area contributed by atoms with Gasteiger partial charge in [0.05, 0.1) is 0 Å². The maximum absolute atomic E-state index is 2.29. The molecule has 0 aliphatic carbocycles. The third-order valence-electron chi connectivity index (χ3n) is 0.332. The molecule has 38 valence electrons. The molecule has 0 aromatic carbocycles. The third-order valence-corrected chi connectivity index (χ3v) is 4.05. The topological polar surface area (TPSA) is 0 Å². The lowest BCUT2D eigenvalue weighted by atomic mass is 10.6.